The van der Waals surface area contributed by atoms with Crippen LogP contribution >= 0.6 is 0 Å². The molecule has 106 valence electrons. The zero-order chi connectivity index (χ0) is 14.0. The van der Waals surface area contributed by atoms with Crippen molar-refractivity contribution < 1.29 is 9.53 Å². The Morgan fingerprint density at radius 2 is 2.26 bits per heavy atom. The van der Waals surface area contributed by atoms with E-state index in [1.165, 1.54) is 0 Å². The monoisotopic (exact) mass is 264 g/mol. The molecule has 1 aromatic heterocycles. The molecule has 1 N–H and O–H groups in total. The van der Waals surface area contributed by atoms with Gasteiger partial charge in [-0.25, -0.2) is 0 Å². The minimum absolute atomic E-state index is 0.00464. The number of ether oxygens (including phenoxy) is 1. The normalized spacial score (nSPS) is 23.0. The van der Waals surface area contributed by atoms with E-state index >= 15 is 0 Å². The van der Waals surface area contributed by atoms with E-state index in [9.17, 15) is 4.79 Å². The topological polar surface area (TPSA) is 43.3 Å². The number of aromatic nitrogens is 1. The molecular weight excluding hydrogens is 240 g/mol. The van der Waals surface area contributed by atoms with Crippen LogP contribution in [-0.2, 0) is 11.8 Å². The number of aryl methyl sites for hydroxylation is 1. The van der Waals surface area contributed by atoms with Crippen LogP contribution in [0.3, 0.4) is 0 Å². The van der Waals surface area contributed by atoms with Gasteiger partial charge in [0.1, 0.15) is 5.69 Å². The predicted octanol–water partition coefficient (Wildman–Crippen LogP) is 2.12. The molecule has 0 aromatic carbocycles. The highest BCUT2D eigenvalue weighted by molar-refractivity contribution is 5.92. The lowest BCUT2D eigenvalue weighted by Gasteiger charge is -2.22. The van der Waals surface area contributed by atoms with Gasteiger partial charge in [0, 0.05) is 31.8 Å². The van der Waals surface area contributed by atoms with Crippen molar-refractivity contribution in [1.82, 2.24) is 9.88 Å². The van der Waals surface area contributed by atoms with Crippen LogP contribution < -0.4 is 5.32 Å². The SMILES string of the molecule is Cc1ccc(C(=O)NC[C@H]2CCO[C@@H]2C(C)C)n1C. The first kappa shape index (κ1) is 14.1. The third kappa shape index (κ3) is 3.00. The van der Waals surface area contributed by atoms with Crippen molar-refractivity contribution in [3.63, 3.8) is 0 Å². The fraction of sp³-hybridized carbons (Fsp3) is 0.667. The third-order valence-corrected chi connectivity index (χ3v) is 4.05. The number of nitrogens with one attached hydrogen (secondary N) is 1. The highest BCUT2D eigenvalue weighted by atomic mass is 16.5. The van der Waals surface area contributed by atoms with Crippen molar-refractivity contribution in [1.29, 1.82) is 0 Å². The van der Waals surface area contributed by atoms with E-state index in [0.717, 1.165) is 24.4 Å². The highest BCUT2D eigenvalue weighted by Crippen LogP contribution is 2.26. The molecular formula is C15H24N2O2. The Kier molecular flexibility index (Phi) is 4.30. The number of amides is 1. The van der Waals surface area contributed by atoms with Crippen molar-refractivity contribution >= 4 is 5.91 Å². The smallest absolute Gasteiger partial charge is 0.267 e. The second-order valence-corrected chi connectivity index (χ2v) is 5.76. The van der Waals surface area contributed by atoms with Crippen LogP contribution in [0.2, 0.25) is 0 Å². The number of nitrogens with zero attached hydrogens (tertiary/aromatic N) is 1. The Morgan fingerprint density at radius 1 is 1.53 bits per heavy atom. The Hall–Kier alpha value is -1.29. The quantitative estimate of drug-likeness (QED) is 0.905. The molecule has 19 heavy (non-hydrogen) atoms. The first-order valence-corrected chi connectivity index (χ1v) is 7.03. The summed E-state index contributed by atoms with van der Waals surface area (Å²) in [7, 11) is 1.92. The number of hydrogen-bond acceptors (Lipinski definition) is 2. The van der Waals surface area contributed by atoms with Crippen LogP contribution in [0.1, 0.15) is 36.5 Å². The van der Waals surface area contributed by atoms with Gasteiger partial charge in [0.2, 0.25) is 0 Å². The number of rotatable bonds is 4. The predicted molar refractivity (Wildman–Crippen MR) is 75.2 cm³/mol. The lowest BCUT2D eigenvalue weighted by atomic mass is 9.93. The van der Waals surface area contributed by atoms with E-state index in [0.29, 0.717) is 18.4 Å². The summed E-state index contributed by atoms with van der Waals surface area (Å²) in [5.41, 5.74) is 1.81. The molecule has 1 aromatic rings. The maximum absolute atomic E-state index is 12.1. The molecule has 1 amide bonds. The zero-order valence-electron chi connectivity index (χ0n) is 12.3. The summed E-state index contributed by atoms with van der Waals surface area (Å²) >= 11 is 0. The van der Waals surface area contributed by atoms with Gasteiger partial charge in [-0.3, -0.25) is 4.79 Å². The van der Waals surface area contributed by atoms with Crippen molar-refractivity contribution in [2.24, 2.45) is 18.9 Å². The summed E-state index contributed by atoms with van der Waals surface area (Å²) in [4.78, 5) is 12.1. The molecule has 1 saturated heterocycles. The summed E-state index contributed by atoms with van der Waals surface area (Å²) in [6.45, 7) is 7.85. The maximum Gasteiger partial charge on any atom is 0.267 e. The van der Waals surface area contributed by atoms with Crippen LogP contribution in [0.15, 0.2) is 12.1 Å². The molecule has 2 atom stereocenters. The number of carbonyl (C=O) groups excluding carboxylic acids is 1. The average molecular weight is 264 g/mol. The Balaban J connectivity index is 1.92. The zero-order valence-corrected chi connectivity index (χ0v) is 12.3. The molecule has 2 rings (SSSR count). The summed E-state index contributed by atoms with van der Waals surface area (Å²) in [5.74, 6) is 0.942. The molecule has 0 radical (unpaired) electrons. The first-order valence-electron chi connectivity index (χ1n) is 7.03. The molecule has 4 heteroatoms. The molecule has 1 aliphatic heterocycles. The van der Waals surface area contributed by atoms with E-state index in [2.05, 4.69) is 19.2 Å². The molecule has 0 unspecified atom stereocenters. The molecule has 1 fully saturated rings. The summed E-state index contributed by atoms with van der Waals surface area (Å²) in [6.07, 6.45) is 1.31. The lowest BCUT2D eigenvalue weighted by molar-refractivity contribution is 0.0533. The Morgan fingerprint density at radius 3 is 2.84 bits per heavy atom. The molecule has 1 aliphatic rings. The summed E-state index contributed by atoms with van der Waals surface area (Å²) in [5, 5.41) is 3.04. The van der Waals surface area contributed by atoms with Gasteiger partial charge in [-0.1, -0.05) is 13.8 Å². The van der Waals surface area contributed by atoms with Gasteiger partial charge in [-0.2, -0.15) is 0 Å². The van der Waals surface area contributed by atoms with Crippen molar-refractivity contribution in [3.05, 3.63) is 23.5 Å². The summed E-state index contributed by atoms with van der Waals surface area (Å²) in [6, 6.07) is 3.83. The van der Waals surface area contributed by atoms with Gasteiger partial charge < -0.3 is 14.6 Å². The van der Waals surface area contributed by atoms with Crippen molar-refractivity contribution in [2.75, 3.05) is 13.2 Å². The van der Waals surface area contributed by atoms with Crippen LogP contribution in [-0.4, -0.2) is 29.7 Å². The van der Waals surface area contributed by atoms with E-state index < -0.39 is 0 Å². The minimum atomic E-state index is 0.00464. The second kappa shape index (κ2) is 5.78. The van der Waals surface area contributed by atoms with Gasteiger partial charge in [0.15, 0.2) is 0 Å². The standard InChI is InChI=1S/C15H24N2O2/c1-10(2)14-12(7-8-19-14)9-16-15(18)13-6-5-11(3)17(13)4/h5-6,10,12,14H,7-9H2,1-4H3,(H,16,18)/t12-,14-/m1/s1. The Bertz CT molecular complexity index is 451. The van der Waals surface area contributed by atoms with Gasteiger partial charge in [-0.15, -0.1) is 0 Å². The van der Waals surface area contributed by atoms with Crippen LogP contribution in [0.5, 0.6) is 0 Å². The van der Waals surface area contributed by atoms with Gasteiger partial charge in [0.25, 0.3) is 5.91 Å². The van der Waals surface area contributed by atoms with Gasteiger partial charge in [0.05, 0.1) is 6.10 Å². The van der Waals surface area contributed by atoms with Gasteiger partial charge in [-0.05, 0) is 31.4 Å². The number of carbonyl (C=O) groups is 1. The van der Waals surface area contributed by atoms with E-state index in [4.69, 9.17) is 4.74 Å². The second-order valence-electron chi connectivity index (χ2n) is 5.76. The van der Waals surface area contributed by atoms with E-state index in [1.807, 2.05) is 30.7 Å². The van der Waals surface area contributed by atoms with Crippen LogP contribution in [0, 0.1) is 18.8 Å². The van der Waals surface area contributed by atoms with E-state index in [1.54, 1.807) is 0 Å². The number of hydrogen-bond donors (Lipinski definition) is 1. The molecule has 2 heterocycles. The Labute approximate surface area is 115 Å². The van der Waals surface area contributed by atoms with Crippen LogP contribution in [0.4, 0.5) is 0 Å². The van der Waals surface area contributed by atoms with Gasteiger partial charge >= 0.3 is 0 Å². The largest absolute Gasteiger partial charge is 0.378 e. The third-order valence-electron chi connectivity index (χ3n) is 4.05. The fourth-order valence-corrected chi connectivity index (χ4v) is 2.77. The van der Waals surface area contributed by atoms with Crippen molar-refractivity contribution in [3.8, 4) is 0 Å². The fourth-order valence-electron chi connectivity index (χ4n) is 2.77. The first-order chi connectivity index (χ1) is 9.00. The lowest BCUT2D eigenvalue weighted by Crippen LogP contribution is -2.35. The van der Waals surface area contributed by atoms with Crippen molar-refractivity contribution in [2.45, 2.75) is 33.3 Å². The molecule has 0 spiro atoms. The van der Waals surface area contributed by atoms with Crippen LogP contribution in [0.25, 0.3) is 0 Å². The summed E-state index contributed by atoms with van der Waals surface area (Å²) < 4.78 is 7.65. The minimum Gasteiger partial charge on any atom is -0.378 e. The molecule has 4 nitrogen and oxygen atoms in total. The molecule has 0 aliphatic carbocycles. The molecule has 0 bridgehead atoms. The average Bonchev–Trinajstić information content (AvgIpc) is 2.95. The van der Waals surface area contributed by atoms with E-state index in [-0.39, 0.29) is 12.0 Å². The molecule has 0 saturated carbocycles. The maximum atomic E-state index is 12.1. The highest BCUT2D eigenvalue weighted by Gasteiger charge is 2.30.